The van der Waals surface area contributed by atoms with E-state index >= 15 is 0 Å². The number of aryl methyl sites for hydroxylation is 2. The quantitative estimate of drug-likeness (QED) is 0.589. The lowest BCUT2D eigenvalue weighted by atomic mass is 10.5. The fourth-order valence-electron chi connectivity index (χ4n) is 0.692. The summed E-state index contributed by atoms with van der Waals surface area (Å²) in [7, 11) is 1.69. The molecule has 1 aromatic rings. The van der Waals surface area contributed by atoms with Crippen LogP contribution >= 0.6 is 0 Å². The van der Waals surface area contributed by atoms with Crippen LogP contribution in [0.4, 0.5) is 8.78 Å². The highest BCUT2D eigenvalue weighted by Crippen LogP contribution is 2.16. The number of halogens is 2. The zero-order chi connectivity index (χ0) is 7.72. The number of hydrogen-bond acceptors (Lipinski definition) is 1. The molecule has 1 aromatic heterocycles. The van der Waals surface area contributed by atoms with Gasteiger partial charge < -0.3 is 4.57 Å². The van der Waals surface area contributed by atoms with E-state index < -0.39 is 6.43 Å². The lowest BCUT2D eigenvalue weighted by Gasteiger charge is -1.88. The molecule has 0 aromatic carbocycles. The Morgan fingerprint density at radius 1 is 1.60 bits per heavy atom. The lowest BCUT2D eigenvalue weighted by Crippen LogP contribution is -1.86. The molecule has 0 spiro atoms. The van der Waals surface area contributed by atoms with Gasteiger partial charge >= 0.3 is 0 Å². The van der Waals surface area contributed by atoms with E-state index in [-0.39, 0.29) is 5.69 Å². The van der Waals surface area contributed by atoms with Gasteiger partial charge in [0.05, 0.1) is 0 Å². The Bertz CT molecular complexity index is 210. The molecule has 0 saturated heterocycles. The van der Waals surface area contributed by atoms with Gasteiger partial charge in [-0.25, -0.2) is 13.8 Å². The van der Waals surface area contributed by atoms with Gasteiger partial charge in [0.15, 0.2) is 0 Å². The molecule has 0 aliphatic heterocycles. The minimum absolute atomic E-state index is 0.153. The van der Waals surface area contributed by atoms with E-state index in [2.05, 4.69) is 4.98 Å². The third-order valence-corrected chi connectivity index (χ3v) is 1.35. The van der Waals surface area contributed by atoms with E-state index in [0.717, 1.165) is 0 Å². The predicted octanol–water partition coefficient (Wildman–Crippen LogP) is 1.67. The normalized spacial score (nSPS) is 10.9. The maximum atomic E-state index is 11.9. The van der Waals surface area contributed by atoms with Crippen molar-refractivity contribution in [1.82, 2.24) is 9.55 Å². The van der Waals surface area contributed by atoms with E-state index in [9.17, 15) is 8.78 Å². The van der Waals surface area contributed by atoms with Crippen LogP contribution < -0.4 is 0 Å². The molecule has 0 radical (unpaired) electrons. The summed E-state index contributed by atoms with van der Waals surface area (Å²) in [5.74, 6) is 0.607. The van der Waals surface area contributed by atoms with Crippen molar-refractivity contribution in [2.45, 2.75) is 13.3 Å². The van der Waals surface area contributed by atoms with Crippen molar-refractivity contribution in [2.75, 3.05) is 0 Å². The number of imidazole rings is 1. The van der Waals surface area contributed by atoms with E-state index in [1.165, 1.54) is 6.20 Å². The second-order valence-corrected chi connectivity index (χ2v) is 2.12. The molecule has 1 rings (SSSR count). The Morgan fingerprint density at radius 2 is 2.20 bits per heavy atom. The summed E-state index contributed by atoms with van der Waals surface area (Å²) in [6, 6.07) is 0. The molecule has 0 fully saturated rings. The second kappa shape index (κ2) is 2.36. The first-order valence-corrected chi connectivity index (χ1v) is 2.89. The Labute approximate surface area is 57.5 Å². The van der Waals surface area contributed by atoms with Gasteiger partial charge in [-0.1, -0.05) is 0 Å². The molecule has 0 aliphatic rings. The second-order valence-electron chi connectivity index (χ2n) is 2.12. The Kier molecular flexibility index (Phi) is 1.70. The summed E-state index contributed by atoms with van der Waals surface area (Å²) >= 11 is 0. The largest absolute Gasteiger partial charge is 0.338 e. The number of rotatable bonds is 1. The topological polar surface area (TPSA) is 17.8 Å². The van der Waals surface area contributed by atoms with Crippen LogP contribution in [0.15, 0.2) is 6.20 Å². The van der Waals surface area contributed by atoms with Crippen LogP contribution in [0.3, 0.4) is 0 Å². The predicted molar refractivity (Wildman–Crippen MR) is 32.9 cm³/mol. The van der Waals surface area contributed by atoms with Crippen molar-refractivity contribution in [1.29, 1.82) is 0 Å². The number of aromatic nitrogens is 2. The molecule has 0 unspecified atom stereocenters. The lowest BCUT2D eigenvalue weighted by molar-refractivity contribution is 0.146. The van der Waals surface area contributed by atoms with Crippen molar-refractivity contribution in [3.8, 4) is 0 Å². The van der Waals surface area contributed by atoms with Gasteiger partial charge in [-0.2, -0.15) is 0 Å². The van der Waals surface area contributed by atoms with Gasteiger partial charge in [-0.3, -0.25) is 0 Å². The third kappa shape index (κ3) is 1.15. The maximum absolute atomic E-state index is 11.9. The fourth-order valence-corrected chi connectivity index (χ4v) is 0.692. The Morgan fingerprint density at radius 3 is 2.40 bits per heavy atom. The summed E-state index contributed by atoms with van der Waals surface area (Å²) in [5, 5.41) is 0. The molecule has 56 valence electrons. The van der Waals surface area contributed by atoms with Gasteiger partial charge in [-0.15, -0.1) is 0 Å². The van der Waals surface area contributed by atoms with Crippen LogP contribution in [0.25, 0.3) is 0 Å². The number of alkyl halides is 2. The molecule has 10 heavy (non-hydrogen) atoms. The number of nitrogens with zero attached hydrogens (tertiary/aromatic N) is 2. The molecule has 0 atom stereocenters. The highest BCUT2D eigenvalue weighted by molar-refractivity contribution is 5.03. The number of hydrogen-bond donors (Lipinski definition) is 0. The molecule has 4 heteroatoms. The zero-order valence-corrected chi connectivity index (χ0v) is 5.81. The van der Waals surface area contributed by atoms with Crippen LogP contribution in [0.1, 0.15) is 17.9 Å². The average Bonchev–Trinajstić information content (AvgIpc) is 2.13. The van der Waals surface area contributed by atoms with Crippen molar-refractivity contribution < 1.29 is 8.78 Å². The molecule has 2 nitrogen and oxygen atoms in total. The average molecular weight is 146 g/mol. The Hall–Kier alpha value is -0.930. The molecule has 1 heterocycles. The van der Waals surface area contributed by atoms with Gasteiger partial charge in [0.2, 0.25) is 0 Å². The van der Waals surface area contributed by atoms with Crippen molar-refractivity contribution in [3.05, 3.63) is 17.7 Å². The maximum Gasteiger partial charge on any atom is 0.281 e. The first-order valence-electron chi connectivity index (χ1n) is 2.89. The van der Waals surface area contributed by atoms with E-state index in [4.69, 9.17) is 0 Å². The zero-order valence-electron chi connectivity index (χ0n) is 5.81. The summed E-state index contributed by atoms with van der Waals surface area (Å²) in [5.41, 5.74) is -0.153. The highest BCUT2D eigenvalue weighted by atomic mass is 19.3. The monoisotopic (exact) mass is 146 g/mol. The van der Waals surface area contributed by atoms with Gasteiger partial charge in [0.1, 0.15) is 11.5 Å². The molecular weight excluding hydrogens is 138 g/mol. The first kappa shape index (κ1) is 7.18. The molecular formula is C6H8F2N2. The van der Waals surface area contributed by atoms with Crippen molar-refractivity contribution >= 4 is 0 Å². The van der Waals surface area contributed by atoms with Crippen LogP contribution in [-0.4, -0.2) is 9.55 Å². The van der Waals surface area contributed by atoms with Gasteiger partial charge in [0.25, 0.3) is 6.43 Å². The summed E-state index contributed by atoms with van der Waals surface area (Å²) in [6.07, 6.45) is -1.13. The van der Waals surface area contributed by atoms with E-state index in [1.54, 1.807) is 18.5 Å². The summed E-state index contributed by atoms with van der Waals surface area (Å²) in [4.78, 5) is 3.62. The SMILES string of the molecule is Cc1nc(C(F)F)cn1C. The van der Waals surface area contributed by atoms with Gasteiger partial charge in [0, 0.05) is 13.2 Å². The van der Waals surface area contributed by atoms with E-state index in [1.807, 2.05) is 0 Å². The van der Waals surface area contributed by atoms with E-state index in [0.29, 0.717) is 5.82 Å². The minimum atomic E-state index is -2.46. The third-order valence-electron chi connectivity index (χ3n) is 1.35. The molecule has 0 amide bonds. The highest BCUT2D eigenvalue weighted by Gasteiger charge is 2.10. The minimum Gasteiger partial charge on any atom is -0.338 e. The molecule has 0 N–H and O–H groups in total. The van der Waals surface area contributed by atoms with Crippen molar-refractivity contribution in [3.63, 3.8) is 0 Å². The standard InChI is InChI=1S/C6H8F2N2/c1-4-9-5(6(7)8)3-10(4)2/h3,6H,1-2H3. The molecule has 0 saturated carbocycles. The van der Waals surface area contributed by atoms with Crippen LogP contribution in [0.2, 0.25) is 0 Å². The van der Waals surface area contributed by atoms with Crippen molar-refractivity contribution in [2.24, 2.45) is 7.05 Å². The van der Waals surface area contributed by atoms with Crippen LogP contribution in [0.5, 0.6) is 0 Å². The fraction of sp³-hybridized carbons (Fsp3) is 0.500. The Balaban J connectivity index is 2.98. The molecule has 0 aliphatic carbocycles. The summed E-state index contributed by atoms with van der Waals surface area (Å²) in [6.45, 7) is 1.69. The van der Waals surface area contributed by atoms with Gasteiger partial charge in [-0.05, 0) is 6.92 Å². The van der Waals surface area contributed by atoms with Crippen LogP contribution in [-0.2, 0) is 7.05 Å². The molecule has 0 bridgehead atoms. The summed E-state index contributed by atoms with van der Waals surface area (Å²) < 4.78 is 25.3. The smallest absolute Gasteiger partial charge is 0.281 e. The first-order chi connectivity index (χ1) is 4.61. The van der Waals surface area contributed by atoms with Crippen LogP contribution in [0, 0.1) is 6.92 Å².